The lowest BCUT2D eigenvalue weighted by Gasteiger charge is -2.13. The highest BCUT2D eigenvalue weighted by Crippen LogP contribution is 2.50. The van der Waals surface area contributed by atoms with E-state index in [0.717, 1.165) is 6.07 Å². The Morgan fingerprint density at radius 3 is 2.50 bits per heavy atom. The van der Waals surface area contributed by atoms with Crippen LogP contribution in [0.2, 0.25) is 10.0 Å². The first-order chi connectivity index (χ1) is 15.8. The number of aromatic nitrogens is 3. The third kappa shape index (κ3) is 4.17. The lowest BCUT2D eigenvalue weighted by Crippen LogP contribution is -2.26. The van der Waals surface area contributed by atoms with Gasteiger partial charge in [0.15, 0.2) is 23.0 Å². The van der Waals surface area contributed by atoms with Crippen molar-refractivity contribution in [2.45, 2.75) is 12.5 Å². The van der Waals surface area contributed by atoms with E-state index in [2.05, 4.69) is 24.9 Å². The molecule has 2 amide bonds. The molecule has 0 saturated carbocycles. The summed E-state index contributed by atoms with van der Waals surface area (Å²) in [7, 11) is 0. The van der Waals surface area contributed by atoms with Gasteiger partial charge in [-0.1, -0.05) is 23.2 Å². The molecular weight excluding hydrogens is 516 g/mol. The van der Waals surface area contributed by atoms with Crippen molar-refractivity contribution in [1.29, 1.82) is 0 Å². The highest BCUT2D eigenvalue weighted by Gasteiger charge is 2.46. The molecule has 0 bridgehead atoms. The average Bonchev–Trinajstić information content (AvgIpc) is 3.31. The van der Waals surface area contributed by atoms with Crippen molar-refractivity contribution < 1.29 is 41.0 Å². The van der Waals surface area contributed by atoms with E-state index >= 15 is 0 Å². The predicted molar refractivity (Wildman–Crippen MR) is 105 cm³/mol. The number of fused-ring (bicyclic) bond motifs is 1. The van der Waals surface area contributed by atoms with E-state index < -0.39 is 63.4 Å². The second-order valence-electron chi connectivity index (χ2n) is 6.56. The number of halogens is 7. The number of amides is 2. The minimum Gasteiger partial charge on any atom is -0.395 e. The van der Waals surface area contributed by atoms with Crippen LogP contribution in [0.4, 0.5) is 27.6 Å². The number of anilines is 1. The lowest BCUT2D eigenvalue weighted by molar-refractivity contribution is -0.286. The van der Waals surface area contributed by atoms with Crippen LogP contribution in [0.5, 0.6) is 11.5 Å². The molecule has 4 rings (SSSR count). The van der Waals surface area contributed by atoms with Crippen LogP contribution >= 0.6 is 23.2 Å². The van der Waals surface area contributed by atoms with Crippen molar-refractivity contribution in [2.75, 3.05) is 5.32 Å². The number of ether oxygens (including phenoxy) is 2. The monoisotopic (exact) mass is 523 g/mol. The minimum atomic E-state index is -4.96. The summed E-state index contributed by atoms with van der Waals surface area (Å²) in [5.74, 6) is -4.22. The zero-order chi connectivity index (χ0) is 25.0. The van der Waals surface area contributed by atoms with Gasteiger partial charge in [0.05, 0.1) is 16.3 Å². The SMILES string of the molecule is NC(=O)c1cc2c(c(Cl)c1NC(=O)c1cc(C(F)(F)F)nn1-c1ncccc1Cl)OC(F)(F)O2. The number of carbonyl (C=O) groups excluding carboxylic acids is 2. The summed E-state index contributed by atoms with van der Waals surface area (Å²) in [5.41, 5.74) is 1.83. The van der Waals surface area contributed by atoms with Gasteiger partial charge in [0.2, 0.25) is 0 Å². The summed E-state index contributed by atoms with van der Waals surface area (Å²) in [6.45, 7) is 0. The van der Waals surface area contributed by atoms with Crippen molar-refractivity contribution in [3.63, 3.8) is 0 Å². The lowest BCUT2D eigenvalue weighted by atomic mass is 10.1. The molecule has 34 heavy (non-hydrogen) atoms. The normalized spacial score (nSPS) is 14.2. The van der Waals surface area contributed by atoms with Crippen molar-refractivity contribution >= 4 is 40.7 Å². The summed E-state index contributed by atoms with van der Waals surface area (Å²) in [6.07, 6.45) is -7.89. The smallest absolute Gasteiger partial charge is 0.395 e. The number of hydrogen-bond acceptors (Lipinski definition) is 6. The standard InChI is InChI=1S/C18H8Cl2F5N5O4/c19-7-2-1-3-27-15(7)30-8(5-10(29-30)17(21,22)23)16(32)28-12-6(14(26)31)4-9-13(11(12)20)34-18(24,25)33-9/h1-5H,(H2,26,31)(H,28,32). The molecule has 3 aromatic rings. The van der Waals surface area contributed by atoms with Crippen LogP contribution in [-0.2, 0) is 6.18 Å². The van der Waals surface area contributed by atoms with Crippen LogP contribution in [0.1, 0.15) is 26.5 Å². The number of nitrogens with zero attached hydrogens (tertiary/aromatic N) is 3. The molecule has 1 aromatic carbocycles. The third-order valence-corrected chi connectivity index (χ3v) is 4.97. The zero-order valence-electron chi connectivity index (χ0n) is 16.1. The van der Waals surface area contributed by atoms with E-state index in [1.54, 1.807) is 0 Å². The molecule has 0 unspecified atom stereocenters. The maximum absolute atomic E-state index is 13.5. The van der Waals surface area contributed by atoms with Crippen LogP contribution in [0.15, 0.2) is 30.5 Å². The first kappa shape index (κ1) is 23.5. The Hall–Kier alpha value is -3.65. The highest BCUT2D eigenvalue weighted by molar-refractivity contribution is 6.37. The van der Waals surface area contributed by atoms with Gasteiger partial charge in [-0.25, -0.2) is 9.67 Å². The topological polar surface area (TPSA) is 121 Å². The number of pyridine rings is 1. The van der Waals surface area contributed by atoms with Crippen molar-refractivity contribution in [2.24, 2.45) is 5.73 Å². The Kier molecular flexibility index (Phi) is 5.52. The van der Waals surface area contributed by atoms with Crippen LogP contribution in [0, 0.1) is 0 Å². The Bertz CT molecular complexity index is 1340. The second kappa shape index (κ2) is 7.99. The van der Waals surface area contributed by atoms with E-state index in [1.807, 2.05) is 0 Å². The number of benzene rings is 1. The van der Waals surface area contributed by atoms with Gasteiger partial charge in [-0.3, -0.25) is 9.59 Å². The fourth-order valence-electron chi connectivity index (χ4n) is 2.92. The molecule has 0 aliphatic carbocycles. The average molecular weight is 524 g/mol. The Morgan fingerprint density at radius 1 is 1.18 bits per heavy atom. The third-order valence-electron chi connectivity index (χ3n) is 4.31. The van der Waals surface area contributed by atoms with Gasteiger partial charge >= 0.3 is 12.5 Å². The Balaban J connectivity index is 1.82. The predicted octanol–water partition coefficient (Wildman–Crippen LogP) is 4.27. The minimum absolute atomic E-state index is 0.144. The molecule has 3 N–H and O–H groups in total. The quantitative estimate of drug-likeness (QED) is 0.492. The van der Waals surface area contributed by atoms with E-state index in [-0.39, 0.29) is 10.8 Å². The van der Waals surface area contributed by atoms with Gasteiger partial charge in [0, 0.05) is 12.3 Å². The summed E-state index contributed by atoms with van der Waals surface area (Å²) in [5, 5.41) is 4.57. The molecule has 1 aliphatic rings. The summed E-state index contributed by atoms with van der Waals surface area (Å²) >= 11 is 12.0. The Morgan fingerprint density at radius 2 is 1.88 bits per heavy atom. The molecule has 3 heterocycles. The number of nitrogens with two attached hydrogens (primary N) is 1. The maximum atomic E-state index is 13.5. The molecular formula is C18H8Cl2F5N5O4. The first-order valence-corrected chi connectivity index (χ1v) is 9.55. The van der Waals surface area contributed by atoms with E-state index in [9.17, 15) is 31.5 Å². The summed E-state index contributed by atoms with van der Waals surface area (Å²) < 4.78 is 75.8. The number of alkyl halides is 5. The molecule has 0 saturated heterocycles. The van der Waals surface area contributed by atoms with Gasteiger partial charge in [-0.2, -0.15) is 18.3 Å². The molecule has 0 atom stereocenters. The highest BCUT2D eigenvalue weighted by atomic mass is 35.5. The van der Waals surface area contributed by atoms with Gasteiger partial charge < -0.3 is 20.5 Å². The molecule has 178 valence electrons. The van der Waals surface area contributed by atoms with Gasteiger partial charge in [-0.05, 0) is 18.2 Å². The molecule has 9 nitrogen and oxygen atoms in total. The fraction of sp³-hybridized carbons (Fsp3) is 0.111. The van der Waals surface area contributed by atoms with Gasteiger partial charge in [0.1, 0.15) is 10.7 Å². The van der Waals surface area contributed by atoms with Crippen molar-refractivity contribution in [3.05, 3.63) is 57.5 Å². The number of primary amides is 1. The molecule has 16 heteroatoms. The van der Waals surface area contributed by atoms with Gasteiger partial charge in [0.25, 0.3) is 11.8 Å². The maximum Gasteiger partial charge on any atom is 0.586 e. The van der Waals surface area contributed by atoms with E-state index in [1.165, 1.54) is 18.3 Å². The zero-order valence-corrected chi connectivity index (χ0v) is 17.6. The molecule has 0 fully saturated rings. The summed E-state index contributed by atoms with van der Waals surface area (Å²) in [6, 6.07) is 3.80. The number of rotatable bonds is 4. The largest absolute Gasteiger partial charge is 0.586 e. The first-order valence-electron chi connectivity index (χ1n) is 8.80. The van der Waals surface area contributed by atoms with Crippen LogP contribution in [0.25, 0.3) is 5.82 Å². The fourth-order valence-corrected chi connectivity index (χ4v) is 3.40. The molecule has 0 radical (unpaired) electrons. The molecule has 0 spiro atoms. The number of nitrogens with one attached hydrogen (secondary N) is 1. The van der Waals surface area contributed by atoms with Crippen molar-refractivity contribution in [3.8, 4) is 17.3 Å². The number of hydrogen-bond donors (Lipinski definition) is 2. The molecule has 1 aliphatic heterocycles. The number of carbonyl (C=O) groups is 2. The van der Waals surface area contributed by atoms with Crippen LogP contribution in [0.3, 0.4) is 0 Å². The van der Waals surface area contributed by atoms with Crippen LogP contribution < -0.4 is 20.5 Å². The van der Waals surface area contributed by atoms with Gasteiger partial charge in [-0.15, -0.1) is 8.78 Å². The van der Waals surface area contributed by atoms with Crippen LogP contribution in [-0.4, -0.2) is 32.9 Å². The second-order valence-corrected chi connectivity index (χ2v) is 7.34. The molecule has 2 aromatic heterocycles. The van der Waals surface area contributed by atoms with Crippen molar-refractivity contribution in [1.82, 2.24) is 14.8 Å². The van der Waals surface area contributed by atoms with E-state index in [4.69, 9.17) is 28.9 Å². The van der Waals surface area contributed by atoms with E-state index in [0.29, 0.717) is 10.7 Å². The Labute approximate surface area is 195 Å². The summed E-state index contributed by atoms with van der Waals surface area (Å²) in [4.78, 5) is 28.7.